The fourth-order valence-electron chi connectivity index (χ4n) is 2.40. The van der Waals surface area contributed by atoms with Crippen LogP contribution in [0.1, 0.15) is 5.69 Å². The largest absolute Gasteiger partial charge is 0.495 e. The molecule has 0 amide bonds. The van der Waals surface area contributed by atoms with Crippen LogP contribution in [-0.2, 0) is 5.75 Å². The van der Waals surface area contributed by atoms with Gasteiger partial charge in [0.05, 0.1) is 18.5 Å². The topological polar surface area (TPSA) is 70.1 Å². The van der Waals surface area contributed by atoms with E-state index in [4.69, 9.17) is 4.74 Å². The van der Waals surface area contributed by atoms with Crippen molar-refractivity contribution in [1.29, 1.82) is 0 Å². The van der Waals surface area contributed by atoms with Crippen molar-refractivity contribution in [1.82, 2.24) is 29.1 Å². The molecule has 0 saturated carbocycles. The van der Waals surface area contributed by atoms with E-state index < -0.39 is 0 Å². The summed E-state index contributed by atoms with van der Waals surface area (Å²) in [4.78, 5) is 8.72. The van der Waals surface area contributed by atoms with Gasteiger partial charge in [-0.25, -0.2) is 9.97 Å². The van der Waals surface area contributed by atoms with E-state index in [0.29, 0.717) is 11.5 Å². The first-order valence-corrected chi connectivity index (χ1v) is 8.28. The van der Waals surface area contributed by atoms with E-state index in [1.807, 2.05) is 51.7 Å². The lowest BCUT2D eigenvalue weighted by Crippen LogP contribution is -1.98. The first-order valence-electron chi connectivity index (χ1n) is 7.30. The molecule has 0 unspecified atom stereocenters. The minimum atomic E-state index is 0.678. The van der Waals surface area contributed by atoms with Crippen molar-refractivity contribution < 1.29 is 4.74 Å². The third-order valence-electron chi connectivity index (χ3n) is 3.50. The molecule has 4 aromatic rings. The average Bonchev–Trinajstić information content (AvgIpc) is 3.26. The van der Waals surface area contributed by atoms with Gasteiger partial charge in [0.15, 0.2) is 5.16 Å². The Bertz CT molecular complexity index is 946. The third-order valence-corrected chi connectivity index (χ3v) is 4.47. The molecule has 24 heavy (non-hydrogen) atoms. The molecule has 1 aromatic carbocycles. The molecule has 0 aliphatic rings. The molecule has 0 bridgehead atoms. The second-order valence-electron chi connectivity index (χ2n) is 5.00. The SMILES string of the molecule is COc1ccccc1-n1cnnc1SCc1cn2cccnc2n1. The van der Waals surface area contributed by atoms with Gasteiger partial charge in [0.25, 0.3) is 0 Å². The number of methoxy groups -OCH3 is 1. The molecule has 0 atom stereocenters. The van der Waals surface area contributed by atoms with Crippen LogP contribution in [0.5, 0.6) is 5.75 Å². The van der Waals surface area contributed by atoms with Gasteiger partial charge in [0, 0.05) is 24.3 Å². The van der Waals surface area contributed by atoms with Gasteiger partial charge in [-0.15, -0.1) is 10.2 Å². The van der Waals surface area contributed by atoms with Gasteiger partial charge in [-0.05, 0) is 18.2 Å². The number of ether oxygens (including phenoxy) is 1. The molecule has 4 rings (SSSR count). The van der Waals surface area contributed by atoms with Gasteiger partial charge in [-0.2, -0.15) is 0 Å². The summed E-state index contributed by atoms with van der Waals surface area (Å²) in [5.41, 5.74) is 1.84. The summed E-state index contributed by atoms with van der Waals surface area (Å²) in [6.45, 7) is 0. The Morgan fingerprint density at radius 3 is 3.00 bits per heavy atom. The Hall–Kier alpha value is -2.87. The molecular weight excluding hydrogens is 324 g/mol. The number of nitrogens with zero attached hydrogens (tertiary/aromatic N) is 6. The normalized spacial score (nSPS) is 11.0. The van der Waals surface area contributed by atoms with Crippen molar-refractivity contribution in [2.75, 3.05) is 7.11 Å². The molecule has 0 fully saturated rings. The minimum absolute atomic E-state index is 0.678. The lowest BCUT2D eigenvalue weighted by molar-refractivity contribution is 0.412. The molecule has 0 N–H and O–H groups in total. The lowest BCUT2D eigenvalue weighted by atomic mass is 10.3. The van der Waals surface area contributed by atoms with Crippen LogP contribution in [0.2, 0.25) is 0 Å². The molecule has 8 heteroatoms. The van der Waals surface area contributed by atoms with Crippen molar-refractivity contribution >= 4 is 17.5 Å². The van der Waals surface area contributed by atoms with E-state index in [1.165, 1.54) is 0 Å². The van der Waals surface area contributed by atoms with Crippen LogP contribution in [0.15, 0.2) is 60.4 Å². The van der Waals surface area contributed by atoms with Gasteiger partial charge < -0.3 is 4.74 Å². The zero-order valence-electron chi connectivity index (χ0n) is 12.9. The highest BCUT2D eigenvalue weighted by molar-refractivity contribution is 7.98. The summed E-state index contributed by atoms with van der Waals surface area (Å²) >= 11 is 1.57. The molecule has 3 aromatic heterocycles. The van der Waals surface area contributed by atoms with E-state index in [0.717, 1.165) is 22.3 Å². The van der Waals surface area contributed by atoms with Crippen molar-refractivity contribution in [2.24, 2.45) is 0 Å². The highest BCUT2D eigenvalue weighted by Crippen LogP contribution is 2.28. The van der Waals surface area contributed by atoms with Crippen LogP contribution in [0.3, 0.4) is 0 Å². The van der Waals surface area contributed by atoms with E-state index in [9.17, 15) is 0 Å². The number of hydrogen-bond donors (Lipinski definition) is 0. The number of rotatable bonds is 5. The molecule has 0 spiro atoms. The Morgan fingerprint density at radius 1 is 1.21 bits per heavy atom. The Balaban J connectivity index is 1.59. The highest BCUT2D eigenvalue weighted by Gasteiger charge is 2.12. The van der Waals surface area contributed by atoms with E-state index in [2.05, 4.69) is 20.2 Å². The van der Waals surface area contributed by atoms with E-state index in [1.54, 1.807) is 31.4 Å². The van der Waals surface area contributed by atoms with Crippen LogP contribution >= 0.6 is 11.8 Å². The van der Waals surface area contributed by atoms with E-state index in [-0.39, 0.29) is 0 Å². The van der Waals surface area contributed by atoms with Gasteiger partial charge in [-0.3, -0.25) is 8.97 Å². The maximum absolute atomic E-state index is 5.42. The summed E-state index contributed by atoms with van der Waals surface area (Å²) in [6.07, 6.45) is 7.32. The van der Waals surface area contributed by atoms with Crippen molar-refractivity contribution in [3.8, 4) is 11.4 Å². The monoisotopic (exact) mass is 338 g/mol. The van der Waals surface area contributed by atoms with Gasteiger partial charge in [-0.1, -0.05) is 23.9 Å². The number of fused-ring (bicyclic) bond motifs is 1. The Morgan fingerprint density at radius 2 is 2.12 bits per heavy atom. The number of aromatic nitrogens is 6. The molecule has 0 saturated heterocycles. The molecule has 3 heterocycles. The first kappa shape index (κ1) is 14.7. The lowest BCUT2D eigenvalue weighted by Gasteiger charge is -2.10. The smallest absolute Gasteiger partial charge is 0.233 e. The van der Waals surface area contributed by atoms with Gasteiger partial charge >= 0.3 is 0 Å². The maximum Gasteiger partial charge on any atom is 0.233 e. The molecule has 120 valence electrons. The van der Waals surface area contributed by atoms with Crippen molar-refractivity contribution in [3.63, 3.8) is 0 Å². The molecular formula is C16H14N6OS. The second kappa shape index (κ2) is 6.32. The predicted molar refractivity (Wildman–Crippen MR) is 90.5 cm³/mol. The minimum Gasteiger partial charge on any atom is -0.495 e. The summed E-state index contributed by atoms with van der Waals surface area (Å²) in [5, 5.41) is 9.02. The standard InChI is InChI=1S/C16H14N6OS/c1-23-14-6-3-2-5-13(14)22-11-18-20-16(22)24-10-12-9-21-8-4-7-17-15(21)19-12/h2-9,11H,10H2,1H3. The number of benzene rings is 1. The number of thioether (sulfide) groups is 1. The summed E-state index contributed by atoms with van der Waals surface area (Å²) < 4.78 is 9.24. The summed E-state index contributed by atoms with van der Waals surface area (Å²) in [5.74, 6) is 2.15. The Kier molecular flexibility index (Phi) is 3.87. The summed E-state index contributed by atoms with van der Waals surface area (Å²) in [7, 11) is 1.65. The van der Waals surface area contributed by atoms with Crippen LogP contribution in [0.4, 0.5) is 0 Å². The zero-order chi connectivity index (χ0) is 16.4. The Labute approximate surface area is 142 Å². The van der Waals surface area contributed by atoms with Crippen LogP contribution < -0.4 is 4.74 Å². The highest BCUT2D eigenvalue weighted by atomic mass is 32.2. The quantitative estimate of drug-likeness (QED) is 0.521. The zero-order valence-corrected chi connectivity index (χ0v) is 13.7. The number of imidazole rings is 1. The van der Waals surface area contributed by atoms with Crippen LogP contribution in [0, 0.1) is 0 Å². The van der Waals surface area contributed by atoms with Crippen LogP contribution in [-0.4, -0.2) is 36.2 Å². The molecule has 7 nitrogen and oxygen atoms in total. The second-order valence-corrected chi connectivity index (χ2v) is 5.95. The van der Waals surface area contributed by atoms with Crippen LogP contribution in [0.25, 0.3) is 11.5 Å². The fraction of sp³-hybridized carbons (Fsp3) is 0.125. The maximum atomic E-state index is 5.42. The first-order chi connectivity index (χ1) is 11.8. The van der Waals surface area contributed by atoms with Gasteiger partial charge in [0.1, 0.15) is 12.1 Å². The number of para-hydroxylation sites is 2. The van der Waals surface area contributed by atoms with Crippen molar-refractivity contribution in [2.45, 2.75) is 10.9 Å². The molecule has 0 aliphatic carbocycles. The number of hydrogen-bond acceptors (Lipinski definition) is 6. The van der Waals surface area contributed by atoms with Crippen molar-refractivity contribution in [3.05, 3.63) is 60.9 Å². The summed E-state index contributed by atoms with van der Waals surface area (Å²) in [6, 6.07) is 9.66. The fourth-order valence-corrected chi connectivity index (χ4v) is 3.21. The third kappa shape index (κ3) is 2.71. The molecule has 0 aliphatic heterocycles. The van der Waals surface area contributed by atoms with Gasteiger partial charge in [0.2, 0.25) is 5.78 Å². The molecule has 0 radical (unpaired) electrons. The van der Waals surface area contributed by atoms with E-state index >= 15 is 0 Å². The predicted octanol–water partition coefficient (Wildman–Crippen LogP) is 2.61. The average molecular weight is 338 g/mol.